The molecule has 5 aliphatic rings. The van der Waals surface area contributed by atoms with Gasteiger partial charge in [0.05, 0.1) is 6.04 Å². The van der Waals surface area contributed by atoms with Crippen molar-refractivity contribution < 1.29 is 4.79 Å². The molecule has 3 saturated carbocycles. The van der Waals surface area contributed by atoms with Gasteiger partial charge in [0.2, 0.25) is 0 Å². The van der Waals surface area contributed by atoms with E-state index in [1.807, 2.05) is 21.6 Å². The first-order valence-corrected chi connectivity index (χ1v) is 15.0. The zero-order valence-electron chi connectivity index (χ0n) is 19.0. The monoisotopic (exact) mass is 461 g/mol. The number of carbonyl (C=O) groups is 1. The lowest BCUT2D eigenvalue weighted by atomic mass is 9.48. The zero-order chi connectivity index (χ0) is 21.6. The van der Waals surface area contributed by atoms with Gasteiger partial charge in [-0.05, 0) is 73.7 Å². The number of ketones is 1. The molecule has 0 radical (unpaired) electrons. The van der Waals surface area contributed by atoms with Crippen LogP contribution in [0.5, 0.6) is 0 Å². The third-order valence-corrected chi connectivity index (χ3v) is 12.3. The van der Waals surface area contributed by atoms with Crippen LogP contribution in [0.15, 0.2) is 16.1 Å². The first-order chi connectivity index (χ1) is 15.0. The Morgan fingerprint density at radius 3 is 2.65 bits per heavy atom. The predicted molar refractivity (Wildman–Crippen MR) is 133 cm³/mol. The summed E-state index contributed by atoms with van der Waals surface area (Å²) in [7, 11) is 3.94. The number of guanidine groups is 1. The summed E-state index contributed by atoms with van der Waals surface area (Å²) in [6, 6.07) is 0.164. The Morgan fingerprint density at radius 1 is 1.06 bits per heavy atom. The van der Waals surface area contributed by atoms with Gasteiger partial charge in [-0.15, -0.1) is 0 Å². The van der Waals surface area contributed by atoms with Crippen LogP contribution >= 0.6 is 21.6 Å². The molecule has 5 bridgehead atoms. The average molecular weight is 462 g/mol. The molecule has 0 amide bonds. The van der Waals surface area contributed by atoms with E-state index in [0.717, 1.165) is 49.2 Å². The number of hydrogen-bond acceptors (Lipinski definition) is 4. The molecule has 1 aliphatic heterocycles. The number of nitrogens with two attached hydrogens (primary N) is 2. The lowest BCUT2D eigenvalue weighted by Crippen LogP contribution is -2.50. The number of aliphatic imine (C=N–C) groups is 1. The van der Waals surface area contributed by atoms with Crippen LogP contribution in [0.25, 0.3) is 0 Å². The molecule has 31 heavy (non-hydrogen) atoms. The second-order valence-corrected chi connectivity index (χ2v) is 13.7. The summed E-state index contributed by atoms with van der Waals surface area (Å²) in [6.45, 7) is 2.59. The van der Waals surface area contributed by atoms with E-state index < -0.39 is 0 Å². The molecule has 4 N–H and O–H groups in total. The summed E-state index contributed by atoms with van der Waals surface area (Å²) in [5.74, 6) is 5.18. The lowest BCUT2D eigenvalue weighted by Gasteiger charge is -2.55. The Labute approximate surface area is 195 Å². The minimum atomic E-state index is 0.164. The maximum atomic E-state index is 13.5. The Bertz CT molecular complexity index is 786. The molecule has 5 atom stereocenters. The molecule has 4 aliphatic carbocycles. The molecule has 5 rings (SSSR count). The van der Waals surface area contributed by atoms with E-state index in [1.54, 1.807) is 5.57 Å². The Balaban J connectivity index is 1.52. The fourth-order valence-corrected chi connectivity index (χ4v) is 11.0. The second kappa shape index (κ2) is 8.62. The maximum Gasteiger partial charge on any atom is 0.186 e. The van der Waals surface area contributed by atoms with Crippen molar-refractivity contribution in [3.05, 3.63) is 11.1 Å². The third-order valence-electron chi connectivity index (χ3n) is 9.82. The lowest BCUT2D eigenvalue weighted by molar-refractivity contribution is -0.122. The molecule has 0 aromatic heterocycles. The Kier molecular flexibility index (Phi) is 6.17. The van der Waals surface area contributed by atoms with Crippen molar-refractivity contribution in [2.24, 2.45) is 45.0 Å². The van der Waals surface area contributed by atoms with Crippen molar-refractivity contribution >= 4 is 33.3 Å². The highest BCUT2D eigenvalue weighted by molar-refractivity contribution is 8.76. The van der Waals surface area contributed by atoms with E-state index in [-0.39, 0.29) is 17.4 Å². The van der Waals surface area contributed by atoms with Crippen LogP contribution < -0.4 is 11.5 Å². The molecular weight excluding hydrogens is 422 g/mol. The minimum Gasteiger partial charge on any atom is -0.370 e. The third kappa shape index (κ3) is 3.59. The van der Waals surface area contributed by atoms with Crippen LogP contribution in [0.3, 0.4) is 0 Å². The highest BCUT2D eigenvalue weighted by Gasteiger charge is 2.68. The van der Waals surface area contributed by atoms with E-state index in [0.29, 0.717) is 11.2 Å². The molecule has 5 unspecified atom stereocenters. The fraction of sp³-hybridized carbons (Fsp3) is 0.840. The van der Waals surface area contributed by atoms with Crippen molar-refractivity contribution in [2.75, 3.05) is 11.5 Å². The largest absolute Gasteiger partial charge is 0.370 e. The molecule has 4 nitrogen and oxygen atoms in total. The van der Waals surface area contributed by atoms with Gasteiger partial charge in [0, 0.05) is 23.3 Å². The molecule has 0 saturated heterocycles. The zero-order valence-corrected chi connectivity index (χ0v) is 20.7. The molecule has 1 spiro atoms. The summed E-state index contributed by atoms with van der Waals surface area (Å²) in [5, 5.41) is 0. The van der Waals surface area contributed by atoms with Crippen molar-refractivity contribution in [3.63, 3.8) is 0 Å². The quantitative estimate of drug-likeness (QED) is 0.324. The predicted octanol–water partition coefficient (Wildman–Crippen LogP) is 5.47. The van der Waals surface area contributed by atoms with Gasteiger partial charge in [0.15, 0.2) is 11.7 Å². The Morgan fingerprint density at radius 2 is 1.87 bits per heavy atom. The second-order valence-electron chi connectivity index (χ2n) is 11.0. The number of Topliss-reactive ketones (excluding diaryl/α,β-unsaturated/α-hetero) is 1. The molecule has 0 aromatic carbocycles. The van der Waals surface area contributed by atoms with Crippen LogP contribution in [0.1, 0.15) is 84.0 Å². The van der Waals surface area contributed by atoms with Gasteiger partial charge in [-0.3, -0.25) is 4.79 Å². The summed E-state index contributed by atoms with van der Waals surface area (Å²) < 4.78 is 0. The van der Waals surface area contributed by atoms with E-state index in [2.05, 4.69) is 11.9 Å². The van der Waals surface area contributed by atoms with Crippen molar-refractivity contribution in [2.45, 2.75) is 90.0 Å². The SMILES string of the molecule is CC12CCSSCC(N=C(N)N)CCCC3=C4CC1CCC(C1CCCC1)C42CC3=O. The normalized spacial score (nSPS) is 41.6. The Hall–Kier alpha value is -0.620. The number of hydrogen-bond donors (Lipinski definition) is 2. The molecular formula is C25H39N3OS2. The first-order valence-electron chi connectivity index (χ1n) is 12.5. The first kappa shape index (κ1) is 22.2. The maximum absolute atomic E-state index is 13.5. The molecule has 172 valence electrons. The number of rotatable bonds is 2. The molecule has 0 aromatic rings. The number of nitrogens with zero attached hydrogens (tertiary/aromatic N) is 1. The van der Waals surface area contributed by atoms with E-state index in [1.165, 1.54) is 62.7 Å². The number of allylic oxidation sites excluding steroid dienone is 2. The summed E-state index contributed by atoms with van der Waals surface area (Å²) >= 11 is 0. The number of carbonyl (C=O) groups excluding carboxylic acids is 1. The van der Waals surface area contributed by atoms with Crippen LogP contribution in [-0.4, -0.2) is 29.3 Å². The molecule has 1 heterocycles. The van der Waals surface area contributed by atoms with Gasteiger partial charge in [0.1, 0.15) is 0 Å². The van der Waals surface area contributed by atoms with Crippen molar-refractivity contribution in [3.8, 4) is 0 Å². The van der Waals surface area contributed by atoms with Gasteiger partial charge in [-0.1, -0.05) is 59.8 Å². The fourth-order valence-electron chi connectivity index (χ4n) is 8.48. The van der Waals surface area contributed by atoms with Gasteiger partial charge in [-0.2, -0.15) is 0 Å². The molecule has 6 heteroatoms. The summed E-state index contributed by atoms with van der Waals surface area (Å²) in [4.78, 5) is 18.0. The van der Waals surface area contributed by atoms with Gasteiger partial charge < -0.3 is 11.5 Å². The highest BCUT2D eigenvalue weighted by Crippen LogP contribution is 2.75. The summed E-state index contributed by atoms with van der Waals surface area (Å²) in [6.07, 6.45) is 14.5. The van der Waals surface area contributed by atoms with Crippen molar-refractivity contribution in [1.82, 2.24) is 0 Å². The minimum absolute atomic E-state index is 0.164. The highest BCUT2D eigenvalue weighted by atomic mass is 33.1. The standard InChI is InChI=1S/C25H39N3OS2/c1-24-11-12-30-31-15-18(28-23(26)27)7-4-8-19-21-13-17(24)9-10-20(16-5-2-3-6-16)25(21,24)14-22(19)29/h16-18,20H,2-15H2,1H3,(H4,26,27,28). The van der Waals surface area contributed by atoms with Crippen LogP contribution in [0, 0.1) is 28.6 Å². The molecule has 3 fully saturated rings. The van der Waals surface area contributed by atoms with Crippen molar-refractivity contribution in [1.29, 1.82) is 0 Å². The summed E-state index contributed by atoms with van der Waals surface area (Å²) in [5.41, 5.74) is 14.7. The van der Waals surface area contributed by atoms with Crippen LogP contribution in [0.4, 0.5) is 0 Å². The van der Waals surface area contributed by atoms with Gasteiger partial charge in [-0.25, -0.2) is 4.99 Å². The van der Waals surface area contributed by atoms with E-state index in [4.69, 9.17) is 11.5 Å². The van der Waals surface area contributed by atoms with Crippen LogP contribution in [-0.2, 0) is 4.79 Å². The smallest absolute Gasteiger partial charge is 0.186 e. The van der Waals surface area contributed by atoms with E-state index in [9.17, 15) is 4.79 Å². The van der Waals surface area contributed by atoms with E-state index >= 15 is 0 Å². The van der Waals surface area contributed by atoms with Gasteiger partial charge >= 0.3 is 0 Å². The van der Waals surface area contributed by atoms with Gasteiger partial charge in [0.25, 0.3) is 0 Å². The van der Waals surface area contributed by atoms with Crippen LogP contribution in [0.2, 0.25) is 0 Å². The average Bonchev–Trinajstić information content (AvgIpc) is 3.36. The topological polar surface area (TPSA) is 81.5 Å².